The van der Waals surface area contributed by atoms with Crippen LogP contribution in [0.25, 0.3) is 22.0 Å². The van der Waals surface area contributed by atoms with E-state index in [1.54, 1.807) is 11.8 Å². The Bertz CT molecular complexity index is 1530. The molecule has 0 saturated carbocycles. The number of aromatic nitrogens is 2. The molecule has 0 aliphatic carbocycles. The number of thioether (sulfide) groups is 2. The molecule has 1 N–H and O–H groups in total. The van der Waals surface area contributed by atoms with E-state index in [1.807, 2.05) is 4.90 Å². The van der Waals surface area contributed by atoms with Crippen LogP contribution in [-0.4, -0.2) is 51.5 Å². The van der Waals surface area contributed by atoms with E-state index < -0.39 is 45.2 Å². The topological polar surface area (TPSA) is 50.2 Å². The fraction of sp³-hybridized carbons (Fsp3) is 0.462. The number of piperazine rings is 1. The number of hydrogen-bond acceptors (Lipinski definition) is 6. The van der Waals surface area contributed by atoms with Crippen LogP contribution in [0.4, 0.5) is 27.8 Å². The molecule has 2 saturated heterocycles. The summed E-state index contributed by atoms with van der Waals surface area (Å²) in [6, 6.07) is 2.26. The van der Waals surface area contributed by atoms with Crippen molar-refractivity contribution in [3.05, 3.63) is 50.9 Å². The lowest BCUT2D eigenvalue weighted by Crippen LogP contribution is -2.65. The average molecular weight is 605 g/mol. The second kappa shape index (κ2) is 10.1. The van der Waals surface area contributed by atoms with Crippen molar-refractivity contribution in [2.45, 2.75) is 50.0 Å². The van der Waals surface area contributed by atoms with Crippen LogP contribution in [0, 0.1) is 11.6 Å². The standard InChI is InChI=1S/C25H22ClF5N4OS2.CH4/c1-24-11-37-10-18(24)34(5-3-32-24)22-13-7-14(25(29,30)31)19(12-8-15(26)17(28)9-16(12)27)21-20(13)35(23(36)33-22)4-2-6-38-21;/h7-9,18,32H,2-6,10-11H2,1H3;1H4. The van der Waals surface area contributed by atoms with Crippen molar-refractivity contribution in [3.8, 4) is 11.1 Å². The quantitative estimate of drug-likeness (QED) is 0.269. The number of fused-ring (bicyclic) bond motifs is 1. The van der Waals surface area contributed by atoms with Gasteiger partial charge in [-0.1, -0.05) is 19.0 Å². The average Bonchev–Trinajstić information content (AvgIpc) is 3.11. The van der Waals surface area contributed by atoms with Crippen LogP contribution in [0.1, 0.15) is 26.3 Å². The number of halogens is 6. The zero-order chi connectivity index (χ0) is 27.0. The SMILES string of the molecule is C.CC12CSCC1N(c1nc(=O)n3c4c(c(-c5cc(Cl)c(F)cc5F)c(C(F)(F)F)cc14)SCCC3)CCN2. The molecular weight excluding hydrogens is 579 g/mol. The van der Waals surface area contributed by atoms with Gasteiger partial charge in [-0.05, 0) is 31.2 Å². The Morgan fingerprint density at radius 2 is 1.95 bits per heavy atom. The van der Waals surface area contributed by atoms with Crippen LogP contribution in [0.3, 0.4) is 0 Å². The minimum absolute atomic E-state index is 0. The van der Waals surface area contributed by atoms with Gasteiger partial charge >= 0.3 is 11.9 Å². The Kier molecular flexibility index (Phi) is 7.39. The predicted octanol–water partition coefficient (Wildman–Crippen LogP) is 6.43. The van der Waals surface area contributed by atoms with Gasteiger partial charge in [0.05, 0.1) is 22.1 Å². The minimum atomic E-state index is -4.88. The van der Waals surface area contributed by atoms with E-state index in [1.165, 1.54) is 4.57 Å². The number of alkyl halides is 3. The molecule has 0 spiro atoms. The monoisotopic (exact) mass is 604 g/mol. The molecule has 210 valence electrons. The largest absolute Gasteiger partial charge is 0.417 e. The summed E-state index contributed by atoms with van der Waals surface area (Å²) in [5, 5.41) is 3.22. The maximum atomic E-state index is 15.1. The number of anilines is 1. The van der Waals surface area contributed by atoms with Crippen LogP contribution in [0.15, 0.2) is 27.9 Å². The molecule has 39 heavy (non-hydrogen) atoms. The summed E-state index contributed by atoms with van der Waals surface area (Å²) in [7, 11) is 0. The van der Waals surface area contributed by atoms with Crippen LogP contribution in [-0.2, 0) is 12.7 Å². The minimum Gasteiger partial charge on any atom is -0.349 e. The summed E-state index contributed by atoms with van der Waals surface area (Å²) in [5.74, 6) is -0.0585. The molecule has 2 fully saturated rings. The summed E-state index contributed by atoms with van der Waals surface area (Å²) in [5.41, 5.74) is -2.54. The third kappa shape index (κ3) is 4.61. The van der Waals surface area contributed by atoms with E-state index in [0.29, 0.717) is 31.3 Å². The van der Waals surface area contributed by atoms with E-state index in [-0.39, 0.29) is 47.2 Å². The molecule has 0 radical (unpaired) electrons. The number of hydrogen-bond donors (Lipinski definition) is 1. The van der Waals surface area contributed by atoms with E-state index in [9.17, 15) is 22.4 Å². The van der Waals surface area contributed by atoms with E-state index in [4.69, 9.17) is 11.6 Å². The van der Waals surface area contributed by atoms with Crippen molar-refractivity contribution in [2.75, 3.05) is 35.2 Å². The zero-order valence-electron chi connectivity index (χ0n) is 20.1. The van der Waals surface area contributed by atoms with Crippen molar-refractivity contribution in [1.29, 1.82) is 0 Å². The molecule has 2 aromatic carbocycles. The first-order valence-corrected chi connectivity index (χ1v) is 14.6. The maximum absolute atomic E-state index is 15.1. The smallest absolute Gasteiger partial charge is 0.349 e. The molecule has 1 aromatic heterocycles. The molecular formula is C26H26ClF5N4OS2. The third-order valence-electron chi connectivity index (χ3n) is 7.50. The lowest BCUT2D eigenvalue weighted by Gasteiger charge is -2.45. The first kappa shape index (κ1) is 28.5. The van der Waals surface area contributed by atoms with Gasteiger partial charge in [-0.2, -0.15) is 29.9 Å². The maximum Gasteiger partial charge on any atom is 0.417 e. The Labute approximate surface area is 235 Å². The van der Waals surface area contributed by atoms with Gasteiger partial charge in [-0.3, -0.25) is 4.57 Å². The van der Waals surface area contributed by atoms with Crippen LogP contribution in [0.5, 0.6) is 0 Å². The molecule has 2 atom stereocenters. The van der Waals surface area contributed by atoms with E-state index in [0.717, 1.165) is 35.4 Å². The molecule has 3 aromatic rings. The van der Waals surface area contributed by atoms with Crippen molar-refractivity contribution in [3.63, 3.8) is 0 Å². The molecule has 3 aliphatic rings. The second-order valence-electron chi connectivity index (χ2n) is 9.91. The van der Waals surface area contributed by atoms with Crippen LogP contribution >= 0.6 is 35.1 Å². The molecule has 0 bridgehead atoms. The molecule has 4 heterocycles. The van der Waals surface area contributed by atoms with Crippen LogP contribution in [0.2, 0.25) is 5.02 Å². The lowest BCUT2D eigenvalue weighted by molar-refractivity contribution is -0.137. The van der Waals surface area contributed by atoms with Gasteiger partial charge in [0, 0.05) is 64.2 Å². The second-order valence-corrected chi connectivity index (χ2v) is 12.5. The number of rotatable bonds is 2. The van der Waals surface area contributed by atoms with Gasteiger partial charge in [0.25, 0.3) is 0 Å². The molecule has 2 unspecified atom stereocenters. The summed E-state index contributed by atoms with van der Waals surface area (Å²) in [6.07, 6.45) is -4.37. The third-order valence-corrected chi connectivity index (χ3v) is 10.3. The fourth-order valence-electron chi connectivity index (χ4n) is 5.70. The summed E-state index contributed by atoms with van der Waals surface area (Å²) >= 11 is 8.77. The zero-order valence-corrected chi connectivity index (χ0v) is 22.5. The highest BCUT2D eigenvalue weighted by Gasteiger charge is 2.46. The van der Waals surface area contributed by atoms with Gasteiger partial charge in [0.1, 0.15) is 17.5 Å². The highest BCUT2D eigenvalue weighted by molar-refractivity contribution is 7.99. The highest BCUT2D eigenvalue weighted by Crippen LogP contribution is 2.49. The molecule has 3 aliphatic heterocycles. The highest BCUT2D eigenvalue weighted by atomic mass is 35.5. The first-order valence-electron chi connectivity index (χ1n) is 12.1. The van der Waals surface area contributed by atoms with Gasteiger partial charge in [-0.25, -0.2) is 13.6 Å². The Morgan fingerprint density at radius 3 is 2.69 bits per heavy atom. The van der Waals surface area contributed by atoms with Gasteiger partial charge in [0.2, 0.25) is 0 Å². The number of nitrogens with one attached hydrogen (secondary N) is 1. The van der Waals surface area contributed by atoms with Gasteiger partial charge < -0.3 is 10.2 Å². The van der Waals surface area contributed by atoms with E-state index >= 15 is 4.39 Å². The van der Waals surface area contributed by atoms with Gasteiger partial charge in [-0.15, -0.1) is 11.8 Å². The lowest BCUT2D eigenvalue weighted by atomic mass is 9.91. The Hall–Kier alpha value is -2.02. The van der Waals surface area contributed by atoms with Crippen molar-refractivity contribution < 1.29 is 22.0 Å². The predicted molar refractivity (Wildman–Crippen MR) is 148 cm³/mol. The van der Waals surface area contributed by atoms with Crippen LogP contribution < -0.4 is 15.9 Å². The molecule has 0 amide bonds. The number of benzene rings is 2. The summed E-state index contributed by atoms with van der Waals surface area (Å²) in [6.45, 7) is 3.40. The summed E-state index contributed by atoms with van der Waals surface area (Å²) < 4.78 is 74.5. The number of aryl methyl sites for hydroxylation is 1. The van der Waals surface area contributed by atoms with Crippen molar-refractivity contribution in [2.24, 2.45) is 0 Å². The number of nitrogens with zero attached hydrogens (tertiary/aromatic N) is 3. The fourth-order valence-corrected chi connectivity index (χ4v) is 8.67. The van der Waals surface area contributed by atoms with Gasteiger partial charge in [0.15, 0.2) is 0 Å². The van der Waals surface area contributed by atoms with E-state index in [2.05, 4.69) is 17.2 Å². The Balaban J connectivity index is 0.00000308. The molecule has 5 nitrogen and oxygen atoms in total. The van der Waals surface area contributed by atoms with Crippen molar-refractivity contribution in [1.82, 2.24) is 14.9 Å². The Morgan fingerprint density at radius 1 is 1.18 bits per heavy atom. The molecule has 6 rings (SSSR count). The molecule has 13 heteroatoms. The normalized spacial score (nSPS) is 22.9. The summed E-state index contributed by atoms with van der Waals surface area (Å²) in [4.78, 5) is 19.8. The van der Waals surface area contributed by atoms with Crippen molar-refractivity contribution >= 4 is 51.8 Å². The first-order chi connectivity index (χ1) is 18.0.